The van der Waals surface area contributed by atoms with Crippen molar-refractivity contribution < 1.29 is 15.0 Å². The highest BCUT2D eigenvalue weighted by Crippen LogP contribution is 2.36. The summed E-state index contributed by atoms with van der Waals surface area (Å²) in [5.41, 5.74) is 0. The molecule has 1 aliphatic rings. The molecule has 0 aromatic carbocycles. The van der Waals surface area contributed by atoms with Crippen LogP contribution in [0.4, 0.5) is 0 Å². The number of ketones is 1. The SMILES string of the molecule is CCCCCCCC(=O)C=C[C@H]1C(O)CC(O)[C@@H]1CC=CCCCCCCN(CC)CC. The Bertz CT molecular complexity index is 527. The van der Waals surface area contributed by atoms with E-state index in [0.717, 1.165) is 38.8 Å². The Morgan fingerprint density at radius 2 is 1.56 bits per heavy atom. The van der Waals surface area contributed by atoms with Gasteiger partial charge in [-0.25, -0.2) is 0 Å². The molecule has 2 unspecified atom stereocenters. The summed E-state index contributed by atoms with van der Waals surface area (Å²) in [6.07, 6.45) is 20.5. The molecule has 4 heteroatoms. The molecule has 0 radical (unpaired) electrons. The Kier molecular flexibility index (Phi) is 16.8. The van der Waals surface area contributed by atoms with Crippen LogP contribution in [0.5, 0.6) is 0 Å². The summed E-state index contributed by atoms with van der Waals surface area (Å²) >= 11 is 0. The number of unbranched alkanes of at least 4 members (excludes halogenated alkanes) is 8. The molecule has 1 saturated carbocycles. The van der Waals surface area contributed by atoms with E-state index < -0.39 is 12.2 Å². The molecule has 1 aliphatic carbocycles. The second-order valence-corrected chi connectivity index (χ2v) is 9.54. The maximum absolute atomic E-state index is 12.2. The summed E-state index contributed by atoms with van der Waals surface area (Å²) in [4.78, 5) is 14.6. The number of hydrogen-bond acceptors (Lipinski definition) is 4. The third-order valence-corrected chi connectivity index (χ3v) is 7.01. The topological polar surface area (TPSA) is 60.8 Å². The normalized spacial score (nSPS) is 23.8. The highest BCUT2D eigenvalue weighted by Gasteiger charge is 2.39. The van der Waals surface area contributed by atoms with Gasteiger partial charge in [0.15, 0.2) is 5.78 Å². The van der Waals surface area contributed by atoms with Gasteiger partial charge in [0.25, 0.3) is 0 Å². The number of aliphatic hydroxyl groups excluding tert-OH is 2. The average molecular weight is 450 g/mol. The van der Waals surface area contributed by atoms with Crippen molar-refractivity contribution in [3.05, 3.63) is 24.3 Å². The van der Waals surface area contributed by atoms with E-state index in [2.05, 4.69) is 37.8 Å². The molecule has 186 valence electrons. The van der Waals surface area contributed by atoms with Gasteiger partial charge >= 0.3 is 0 Å². The van der Waals surface area contributed by atoms with Crippen molar-refractivity contribution in [2.24, 2.45) is 11.8 Å². The van der Waals surface area contributed by atoms with Crippen LogP contribution < -0.4 is 0 Å². The lowest BCUT2D eigenvalue weighted by molar-refractivity contribution is -0.114. The molecule has 1 fully saturated rings. The second kappa shape index (κ2) is 18.5. The minimum Gasteiger partial charge on any atom is -0.393 e. The summed E-state index contributed by atoms with van der Waals surface area (Å²) in [5.74, 6) is 0.0214. The third kappa shape index (κ3) is 12.3. The Labute approximate surface area is 198 Å². The number of carbonyl (C=O) groups excluding carboxylic acids is 1. The van der Waals surface area contributed by atoms with Gasteiger partial charge in [-0.05, 0) is 63.7 Å². The molecule has 0 aliphatic heterocycles. The maximum Gasteiger partial charge on any atom is 0.155 e. The molecule has 0 saturated heterocycles. The molecule has 32 heavy (non-hydrogen) atoms. The Hall–Kier alpha value is -0.970. The molecule has 0 heterocycles. The van der Waals surface area contributed by atoms with Crippen LogP contribution in [0.15, 0.2) is 24.3 Å². The fraction of sp³-hybridized carbons (Fsp3) is 0.821. The van der Waals surface area contributed by atoms with Gasteiger partial charge in [-0.1, -0.05) is 77.5 Å². The Morgan fingerprint density at radius 1 is 0.875 bits per heavy atom. The first-order valence-corrected chi connectivity index (χ1v) is 13.5. The first kappa shape index (κ1) is 29.1. The number of allylic oxidation sites excluding steroid dienone is 3. The molecule has 0 spiro atoms. The van der Waals surface area contributed by atoms with Gasteiger partial charge in [-0.2, -0.15) is 0 Å². The van der Waals surface area contributed by atoms with Crippen molar-refractivity contribution in [2.75, 3.05) is 19.6 Å². The van der Waals surface area contributed by atoms with E-state index >= 15 is 0 Å². The number of aliphatic hydroxyl groups is 2. The molecular formula is C28H51NO3. The van der Waals surface area contributed by atoms with Gasteiger partial charge in [0, 0.05) is 18.8 Å². The zero-order chi connectivity index (χ0) is 23.6. The van der Waals surface area contributed by atoms with E-state index in [4.69, 9.17) is 0 Å². The van der Waals surface area contributed by atoms with E-state index in [9.17, 15) is 15.0 Å². The van der Waals surface area contributed by atoms with Crippen LogP contribution in [0.25, 0.3) is 0 Å². The van der Waals surface area contributed by atoms with E-state index in [-0.39, 0.29) is 17.6 Å². The van der Waals surface area contributed by atoms with Crippen LogP contribution in [0.3, 0.4) is 0 Å². The smallest absolute Gasteiger partial charge is 0.155 e. The van der Waals surface area contributed by atoms with Crippen molar-refractivity contribution in [2.45, 2.75) is 116 Å². The lowest BCUT2D eigenvalue weighted by atomic mass is 9.89. The van der Waals surface area contributed by atoms with Crippen LogP contribution in [-0.2, 0) is 4.79 Å². The molecular weight excluding hydrogens is 398 g/mol. The summed E-state index contributed by atoms with van der Waals surface area (Å²) in [5, 5.41) is 20.8. The van der Waals surface area contributed by atoms with Crippen LogP contribution in [0.1, 0.15) is 104 Å². The van der Waals surface area contributed by atoms with Gasteiger partial charge in [0.1, 0.15) is 0 Å². The summed E-state index contributed by atoms with van der Waals surface area (Å²) in [6.45, 7) is 10.1. The highest BCUT2D eigenvalue weighted by atomic mass is 16.3. The first-order chi connectivity index (χ1) is 15.5. The zero-order valence-corrected chi connectivity index (χ0v) is 21.2. The van der Waals surface area contributed by atoms with Crippen molar-refractivity contribution in [3.63, 3.8) is 0 Å². The number of rotatable bonds is 19. The van der Waals surface area contributed by atoms with E-state index in [1.807, 2.05) is 6.08 Å². The van der Waals surface area contributed by atoms with Crippen LogP contribution >= 0.6 is 0 Å². The largest absolute Gasteiger partial charge is 0.393 e. The lowest BCUT2D eigenvalue weighted by Crippen LogP contribution is -2.23. The van der Waals surface area contributed by atoms with Crippen LogP contribution in [0.2, 0.25) is 0 Å². The van der Waals surface area contributed by atoms with Gasteiger partial charge in [-0.3, -0.25) is 4.79 Å². The number of hydrogen-bond donors (Lipinski definition) is 2. The van der Waals surface area contributed by atoms with Crippen molar-refractivity contribution >= 4 is 5.78 Å². The van der Waals surface area contributed by atoms with Gasteiger partial charge < -0.3 is 15.1 Å². The molecule has 0 amide bonds. The number of carbonyl (C=O) groups is 1. The third-order valence-electron chi connectivity index (χ3n) is 7.01. The molecule has 0 bridgehead atoms. The van der Waals surface area contributed by atoms with Gasteiger partial charge in [0.05, 0.1) is 12.2 Å². The standard InChI is InChI=1S/C28H51NO3/c1-4-7-8-12-15-18-24(30)20-21-26-25(27(31)23-28(26)32)19-16-13-10-9-11-14-17-22-29(5-2)6-3/h13,16,20-21,25-28,31-32H,4-12,14-15,17-19,22-23H2,1-3H3/t25-,26-,27?,28?/m1/s1. The average Bonchev–Trinajstić information content (AvgIpc) is 3.05. The molecule has 0 aromatic rings. The second-order valence-electron chi connectivity index (χ2n) is 9.54. The first-order valence-electron chi connectivity index (χ1n) is 13.5. The van der Waals surface area contributed by atoms with Crippen LogP contribution in [-0.4, -0.2) is 52.7 Å². The molecule has 0 aromatic heterocycles. The molecule has 1 rings (SSSR count). The van der Waals surface area contributed by atoms with E-state index in [1.54, 1.807) is 6.08 Å². The maximum atomic E-state index is 12.2. The van der Waals surface area contributed by atoms with Crippen molar-refractivity contribution in [1.82, 2.24) is 4.90 Å². The predicted molar refractivity (Wildman–Crippen MR) is 136 cm³/mol. The molecule has 4 atom stereocenters. The summed E-state index contributed by atoms with van der Waals surface area (Å²) < 4.78 is 0. The fourth-order valence-electron chi connectivity index (χ4n) is 4.77. The Balaban J connectivity index is 2.28. The number of nitrogens with zero attached hydrogens (tertiary/aromatic N) is 1. The van der Waals surface area contributed by atoms with Crippen LogP contribution in [0, 0.1) is 11.8 Å². The minimum atomic E-state index is -0.553. The highest BCUT2D eigenvalue weighted by molar-refractivity contribution is 5.89. The van der Waals surface area contributed by atoms with Gasteiger partial charge in [0.2, 0.25) is 0 Å². The minimum absolute atomic E-state index is 0.00363. The van der Waals surface area contributed by atoms with Crippen molar-refractivity contribution in [3.8, 4) is 0 Å². The zero-order valence-electron chi connectivity index (χ0n) is 21.2. The van der Waals surface area contributed by atoms with E-state index in [1.165, 1.54) is 51.5 Å². The Morgan fingerprint density at radius 3 is 2.28 bits per heavy atom. The monoisotopic (exact) mass is 449 g/mol. The molecule has 2 N–H and O–H groups in total. The van der Waals surface area contributed by atoms with Gasteiger partial charge in [-0.15, -0.1) is 0 Å². The molecule has 4 nitrogen and oxygen atoms in total. The van der Waals surface area contributed by atoms with Crippen molar-refractivity contribution in [1.29, 1.82) is 0 Å². The summed E-state index contributed by atoms with van der Waals surface area (Å²) in [6, 6.07) is 0. The fourth-order valence-corrected chi connectivity index (χ4v) is 4.77. The van der Waals surface area contributed by atoms with E-state index in [0.29, 0.717) is 12.8 Å². The summed E-state index contributed by atoms with van der Waals surface area (Å²) in [7, 11) is 0. The quantitative estimate of drug-likeness (QED) is 0.143. The predicted octanol–water partition coefficient (Wildman–Crippen LogP) is 6.07. The lowest BCUT2D eigenvalue weighted by Gasteiger charge is -2.19.